The van der Waals surface area contributed by atoms with Crippen molar-refractivity contribution in [1.29, 1.82) is 0 Å². The zero-order valence-corrected chi connectivity index (χ0v) is 21.9. The molecule has 0 spiro atoms. The van der Waals surface area contributed by atoms with E-state index in [0.717, 1.165) is 26.8 Å². The van der Waals surface area contributed by atoms with Crippen LogP contribution in [0, 0.1) is 0 Å². The Morgan fingerprint density at radius 2 is 1.84 bits per heavy atom. The molecule has 38 heavy (non-hydrogen) atoms. The van der Waals surface area contributed by atoms with Crippen molar-refractivity contribution in [2.24, 2.45) is 0 Å². The summed E-state index contributed by atoms with van der Waals surface area (Å²) < 4.78 is 30.6. The maximum atomic E-state index is 12.0. The fourth-order valence-electron chi connectivity index (χ4n) is 4.03. The molecule has 2 N–H and O–H groups in total. The maximum absolute atomic E-state index is 12.0. The van der Waals surface area contributed by atoms with E-state index < -0.39 is 10.0 Å². The lowest BCUT2D eigenvalue weighted by Crippen LogP contribution is -2.34. The van der Waals surface area contributed by atoms with E-state index in [4.69, 9.17) is 14.7 Å². The normalized spacial score (nSPS) is 11.7. The molecule has 0 radical (unpaired) electrons. The summed E-state index contributed by atoms with van der Waals surface area (Å²) in [6, 6.07) is 20.2. The van der Waals surface area contributed by atoms with Crippen LogP contribution < -0.4 is 15.4 Å². The van der Waals surface area contributed by atoms with Crippen molar-refractivity contribution in [2.75, 3.05) is 18.2 Å². The van der Waals surface area contributed by atoms with Crippen LogP contribution >= 0.6 is 0 Å². The summed E-state index contributed by atoms with van der Waals surface area (Å²) in [4.78, 5) is 21.5. The van der Waals surface area contributed by atoms with Crippen molar-refractivity contribution >= 4 is 49.2 Å². The van der Waals surface area contributed by atoms with Crippen LogP contribution in [0.2, 0.25) is 0 Å². The average Bonchev–Trinajstić information content (AvgIpc) is 3.31. The fourth-order valence-corrected chi connectivity index (χ4v) is 4.77. The molecule has 194 valence electrons. The second-order valence-corrected chi connectivity index (χ2v) is 10.9. The van der Waals surface area contributed by atoms with Crippen molar-refractivity contribution in [3.63, 3.8) is 0 Å². The molecule has 0 saturated carbocycles. The second-order valence-electron chi connectivity index (χ2n) is 9.10. The number of carbonyl (C=O) groups is 1. The number of hydrogen-bond acceptors (Lipinski definition) is 8. The molecule has 0 unspecified atom stereocenters. The van der Waals surface area contributed by atoms with Crippen molar-refractivity contribution in [1.82, 2.24) is 24.5 Å². The van der Waals surface area contributed by atoms with Gasteiger partial charge in [0.05, 0.1) is 23.5 Å². The Morgan fingerprint density at radius 1 is 1.03 bits per heavy atom. The molecule has 2 aromatic heterocycles. The Morgan fingerprint density at radius 3 is 2.63 bits per heavy atom. The number of fused-ring (bicyclic) bond motifs is 2. The molecular weight excluding hydrogens is 504 g/mol. The number of rotatable bonds is 8. The lowest BCUT2D eigenvalue weighted by atomic mass is 10.1. The van der Waals surface area contributed by atoms with Gasteiger partial charge in [0.1, 0.15) is 11.6 Å². The summed E-state index contributed by atoms with van der Waals surface area (Å²) in [5.74, 6) is 1.40. The number of benzene rings is 3. The standard InChI is InChI=1S/C27H26N6O4S/c1-17(2)29-25(34)16-37-21-8-6-7-18(14-21)26-31-23-10-5-4-9-22(23)27(32-26)30-20-11-12-24-19(13-20)15-28-33(24)38(3,35)36/h4-15,17H,16H2,1-3H3,(H,29,34)(H,30,31,32). The van der Waals surface area contributed by atoms with Crippen LogP contribution in [0.25, 0.3) is 33.2 Å². The highest BCUT2D eigenvalue weighted by Gasteiger charge is 2.14. The molecule has 0 atom stereocenters. The predicted molar refractivity (Wildman–Crippen MR) is 147 cm³/mol. The van der Waals surface area contributed by atoms with Crippen molar-refractivity contribution in [3.8, 4) is 17.1 Å². The van der Waals surface area contributed by atoms with Gasteiger partial charge in [0.15, 0.2) is 12.4 Å². The van der Waals surface area contributed by atoms with E-state index in [-0.39, 0.29) is 18.6 Å². The van der Waals surface area contributed by atoms with Crippen LogP contribution in [0.5, 0.6) is 5.75 Å². The van der Waals surface area contributed by atoms with Gasteiger partial charge in [0.25, 0.3) is 15.9 Å². The summed E-state index contributed by atoms with van der Waals surface area (Å²) in [7, 11) is -3.51. The molecule has 3 aromatic carbocycles. The quantitative estimate of drug-likeness (QED) is 0.307. The molecule has 2 heterocycles. The zero-order chi connectivity index (χ0) is 26.9. The Kier molecular flexibility index (Phi) is 6.68. The van der Waals surface area contributed by atoms with E-state index in [1.807, 2.05) is 56.3 Å². The molecule has 11 heteroatoms. The van der Waals surface area contributed by atoms with E-state index in [9.17, 15) is 13.2 Å². The van der Waals surface area contributed by atoms with Gasteiger partial charge in [-0.1, -0.05) is 24.3 Å². The summed E-state index contributed by atoms with van der Waals surface area (Å²) in [5, 5.41) is 11.6. The highest BCUT2D eigenvalue weighted by molar-refractivity contribution is 7.89. The molecular formula is C27H26N6O4S. The third-order valence-corrected chi connectivity index (χ3v) is 6.55. The lowest BCUT2D eigenvalue weighted by Gasteiger charge is -2.13. The predicted octanol–water partition coefficient (Wildman–Crippen LogP) is 4.10. The number of anilines is 2. The van der Waals surface area contributed by atoms with Crippen LogP contribution in [0.1, 0.15) is 13.8 Å². The molecule has 10 nitrogen and oxygen atoms in total. The second kappa shape index (κ2) is 10.1. The average molecular weight is 531 g/mol. The summed E-state index contributed by atoms with van der Waals surface area (Å²) >= 11 is 0. The molecule has 0 bridgehead atoms. The zero-order valence-electron chi connectivity index (χ0n) is 21.0. The van der Waals surface area contributed by atoms with Gasteiger partial charge in [-0.15, -0.1) is 0 Å². The van der Waals surface area contributed by atoms with Gasteiger partial charge in [-0.25, -0.2) is 18.4 Å². The number of carbonyl (C=O) groups excluding carboxylic acids is 1. The largest absolute Gasteiger partial charge is 0.484 e. The number of ether oxygens (including phenoxy) is 1. The number of amides is 1. The van der Waals surface area contributed by atoms with Gasteiger partial charge < -0.3 is 15.4 Å². The Hall–Kier alpha value is -4.51. The summed E-state index contributed by atoms with van der Waals surface area (Å²) in [5.41, 5.74) is 2.68. The van der Waals surface area contributed by atoms with Crippen LogP contribution in [0.3, 0.4) is 0 Å². The maximum Gasteiger partial charge on any atom is 0.258 e. The van der Waals surface area contributed by atoms with Crippen molar-refractivity contribution < 1.29 is 17.9 Å². The molecule has 0 saturated heterocycles. The Bertz CT molecular complexity index is 1760. The summed E-state index contributed by atoms with van der Waals surface area (Å²) in [6.45, 7) is 3.69. The van der Waals surface area contributed by atoms with E-state index in [1.54, 1.807) is 24.3 Å². The number of nitrogens with one attached hydrogen (secondary N) is 2. The fraction of sp³-hybridized carbons (Fsp3) is 0.185. The van der Waals surface area contributed by atoms with Gasteiger partial charge in [-0.2, -0.15) is 9.19 Å². The molecule has 0 fully saturated rings. The first-order valence-electron chi connectivity index (χ1n) is 11.9. The van der Waals surface area contributed by atoms with Gasteiger partial charge in [0.2, 0.25) is 0 Å². The minimum atomic E-state index is -3.51. The first-order valence-corrected chi connectivity index (χ1v) is 13.8. The third kappa shape index (κ3) is 5.42. The SMILES string of the molecule is CC(C)NC(=O)COc1cccc(-c2nc(Nc3ccc4c(cnn4S(C)(=O)=O)c3)c3ccccc3n2)c1. The van der Waals surface area contributed by atoms with Gasteiger partial charge >= 0.3 is 0 Å². The molecule has 0 aliphatic carbocycles. The Labute approximate surface area is 219 Å². The number of para-hydroxylation sites is 1. The van der Waals surface area contributed by atoms with Crippen LogP contribution in [-0.2, 0) is 14.8 Å². The van der Waals surface area contributed by atoms with E-state index in [1.165, 1.54) is 6.20 Å². The van der Waals surface area contributed by atoms with Crippen molar-refractivity contribution in [3.05, 3.63) is 72.9 Å². The van der Waals surface area contributed by atoms with E-state index >= 15 is 0 Å². The van der Waals surface area contributed by atoms with Crippen LogP contribution in [0.15, 0.2) is 72.9 Å². The number of nitrogens with zero attached hydrogens (tertiary/aromatic N) is 4. The third-order valence-electron chi connectivity index (χ3n) is 5.63. The van der Waals surface area contributed by atoms with E-state index in [2.05, 4.69) is 15.7 Å². The van der Waals surface area contributed by atoms with Crippen LogP contribution in [-0.4, -0.2) is 52.4 Å². The molecule has 5 aromatic rings. The van der Waals surface area contributed by atoms with Crippen LogP contribution in [0.4, 0.5) is 11.5 Å². The van der Waals surface area contributed by atoms with E-state index in [0.29, 0.717) is 34.0 Å². The number of aromatic nitrogens is 4. The van der Waals surface area contributed by atoms with Gasteiger partial charge in [-0.3, -0.25) is 4.79 Å². The molecule has 5 rings (SSSR count). The summed E-state index contributed by atoms with van der Waals surface area (Å²) in [6.07, 6.45) is 2.62. The molecule has 0 aliphatic heterocycles. The first-order chi connectivity index (χ1) is 18.2. The minimum Gasteiger partial charge on any atom is -0.484 e. The highest BCUT2D eigenvalue weighted by atomic mass is 32.2. The first kappa shape index (κ1) is 25.2. The highest BCUT2D eigenvalue weighted by Crippen LogP contribution is 2.30. The van der Waals surface area contributed by atoms with Gasteiger partial charge in [-0.05, 0) is 56.3 Å². The lowest BCUT2D eigenvalue weighted by molar-refractivity contribution is -0.123. The Balaban J connectivity index is 1.47. The molecule has 0 aliphatic rings. The smallest absolute Gasteiger partial charge is 0.258 e. The molecule has 1 amide bonds. The monoisotopic (exact) mass is 530 g/mol. The number of hydrogen-bond donors (Lipinski definition) is 2. The topological polar surface area (TPSA) is 128 Å². The minimum absolute atomic E-state index is 0.0333. The van der Waals surface area contributed by atoms with Crippen molar-refractivity contribution in [2.45, 2.75) is 19.9 Å². The van der Waals surface area contributed by atoms with Gasteiger partial charge in [0, 0.05) is 28.1 Å².